The molecule has 2 aromatic rings. The molecule has 0 atom stereocenters. The van der Waals surface area contributed by atoms with E-state index >= 15 is 0 Å². The Morgan fingerprint density at radius 2 is 1.80 bits per heavy atom. The summed E-state index contributed by atoms with van der Waals surface area (Å²) < 4.78 is 37.7. The van der Waals surface area contributed by atoms with Gasteiger partial charge in [-0.2, -0.15) is 13.2 Å². The van der Waals surface area contributed by atoms with E-state index in [0.29, 0.717) is 6.07 Å². The first kappa shape index (κ1) is 9.76. The quantitative estimate of drug-likeness (QED) is 0.729. The van der Waals surface area contributed by atoms with Crippen molar-refractivity contribution in [1.29, 1.82) is 0 Å². The summed E-state index contributed by atoms with van der Waals surface area (Å²) in [6, 6.07) is 6.43. The van der Waals surface area contributed by atoms with Gasteiger partial charge in [0.25, 0.3) is 0 Å². The van der Waals surface area contributed by atoms with Crippen LogP contribution in [-0.4, -0.2) is 10.1 Å². The third-order valence-electron chi connectivity index (χ3n) is 2.01. The molecular formula is C10H6F3NO. The molecule has 0 aliphatic rings. The van der Waals surface area contributed by atoms with E-state index in [1.807, 2.05) is 0 Å². The number of aromatic nitrogens is 1. The molecule has 1 N–H and O–H groups in total. The minimum Gasteiger partial charge on any atom is -0.493 e. The fraction of sp³-hybridized carbons (Fsp3) is 0.100. The number of hydrogen-bond donors (Lipinski definition) is 1. The van der Waals surface area contributed by atoms with Crippen molar-refractivity contribution in [3.63, 3.8) is 0 Å². The van der Waals surface area contributed by atoms with Crippen molar-refractivity contribution in [2.75, 3.05) is 0 Å². The number of alkyl halides is 3. The lowest BCUT2D eigenvalue weighted by molar-refractivity contribution is -0.136. The van der Waals surface area contributed by atoms with E-state index in [4.69, 9.17) is 5.11 Å². The summed E-state index contributed by atoms with van der Waals surface area (Å²) in [5.74, 6) is -0.624. The van der Waals surface area contributed by atoms with Crippen LogP contribution in [0.4, 0.5) is 13.2 Å². The summed E-state index contributed by atoms with van der Waals surface area (Å²) in [4.78, 5) is 3.61. The second-order valence-electron chi connectivity index (χ2n) is 3.04. The first-order chi connectivity index (χ1) is 6.98. The molecule has 0 amide bonds. The molecule has 5 heteroatoms. The van der Waals surface area contributed by atoms with Crippen molar-refractivity contribution >= 4 is 10.9 Å². The molecule has 78 valence electrons. The van der Waals surface area contributed by atoms with Crippen LogP contribution in [0.5, 0.6) is 5.88 Å². The van der Waals surface area contributed by atoms with Gasteiger partial charge in [-0.25, -0.2) is 4.98 Å². The van der Waals surface area contributed by atoms with Gasteiger partial charge >= 0.3 is 6.18 Å². The Labute approximate surface area is 83.0 Å². The standard InChI is InChI=1S/C10H6F3NO/c11-10(12,13)7-5-9(15)14-8-4-2-1-3-6(7)8/h1-5H,(H,14,15). The fourth-order valence-corrected chi connectivity index (χ4v) is 1.40. The van der Waals surface area contributed by atoms with Crippen molar-refractivity contribution in [3.05, 3.63) is 35.9 Å². The third kappa shape index (κ3) is 1.72. The highest BCUT2D eigenvalue weighted by atomic mass is 19.4. The van der Waals surface area contributed by atoms with Crippen LogP contribution in [0.15, 0.2) is 30.3 Å². The fourth-order valence-electron chi connectivity index (χ4n) is 1.40. The minimum atomic E-state index is -4.49. The minimum absolute atomic E-state index is 0.0113. The zero-order valence-corrected chi connectivity index (χ0v) is 7.42. The summed E-state index contributed by atoms with van der Waals surface area (Å²) >= 11 is 0. The number of pyridine rings is 1. The second kappa shape index (κ2) is 3.12. The van der Waals surface area contributed by atoms with Gasteiger partial charge in [-0.15, -0.1) is 0 Å². The third-order valence-corrected chi connectivity index (χ3v) is 2.01. The predicted octanol–water partition coefficient (Wildman–Crippen LogP) is 2.96. The lowest BCUT2D eigenvalue weighted by Crippen LogP contribution is -2.06. The Hall–Kier alpha value is -1.78. The highest BCUT2D eigenvalue weighted by molar-refractivity contribution is 5.83. The smallest absolute Gasteiger partial charge is 0.417 e. The molecule has 1 aromatic carbocycles. The number of para-hydroxylation sites is 1. The Morgan fingerprint density at radius 1 is 1.13 bits per heavy atom. The monoisotopic (exact) mass is 213 g/mol. The zero-order chi connectivity index (χ0) is 11.1. The van der Waals surface area contributed by atoms with E-state index in [1.54, 1.807) is 6.07 Å². The van der Waals surface area contributed by atoms with Crippen molar-refractivity contribution in [3.8, 4) is 5.88 Å². The van der Waals surface area contributed by atoms with Crippen LogP contribution in [-0.2, 0) is 6.18 Å². The summed E-state index contributed by atoms with van der Waals surface area (Å²) in [5, 5.41) is 9.05. The number of fused-ring (bicyclic) bond motifs is 1. The zero-order valence-electron chi connectivity index (χ0n) is 7.42. The van der Waals surface area contributed by atoms with Crippen LogP contribution < -0.4 is 0 Å². The van der Waals surface area contributed by atoms with Crippen molar-refractivity contribution in [2.24, 2.45) is 0 Å². The van der Waals surface area contributed by atoms with Crippen molar-refractivity contribution in [2.45, 2.75) is 6.18 Å². The second-order valence-corrected chi connectivity index (χ2v) is 3.04. The van der Waals surface area contributed by atoms with E-state index in [1.165, 1.54) is 18.2 Å². The molecule has 0 unspecified atom stereocenters. The molecule has 0 fully saturated rings. The maximum Gasteiger partial charge on any atom is 0.417 e. The van der Waals surface area contributed by atoms with Crippen LogP contribution in [0.25, 0.3) is 10.9 Å². The van der Waals surface area contributed by atoms with E-state index in [0.717, 1.165) is 0 Å². The molecule has 0 radical (unpaired) electrons. The maximum atomic E-state index is 12.6. The SMILES string of the molecule is Oc1cc(C(F)(F)F)c2ccccc2n1. The Bertz CT molecular complexity index is 507. The van der Waals surface area contributed by atoms with Crippen LogP contribution in [0, 0.1) is 0 Å². The van der Waals surface area contributed by atoms with Gasteiger partial charge in [0.1, 0.15) is 0 Å². The lowest BCUT2D eigenvalue weighted by Gasteiger charge is -2.09. The van der Waals surface area contributed by atoms with Gasteiger partial charge in [-0.05, 0) is 6.07 Å². The van der Waals surface area contributed by atoms with Gasteiger partial charge in [0.05, 0.1) is 11.1 Å². The molecule has 2 nitrogen and oxygen atoms in total. The van der Waals surface area contributed by atoms with Crippen molar-refractivity contribution < 1.29 is 18.3 Å². The molecule has 1 heterocycles. The number of aromatic hydroxyl groups is 1. The average molecular weight is 213 g/mol. The highest BCUT2D eigenvalue weighted by Gasteiger charge is 2.33. The van der Waals surface area contributed by atoms with Crippen LogP contribution in [0.2, 0.25) is 0 Å². The number of rotatable bonds is 0. The molecule has 15 heavy (non-hydrogen) atoms. The predicted molar refractivity (Wildman–Crippen MR) is 48.4 cm³/mol. The summed E-state index contributed by atoms with van der Waals surface area (Å²) in [5.41, 5.74) is -0.740. The highest BCUT2D eigenvalue weighted by Crippen LogP contribution is 2.35. The molecule has 1 aromatic heterocycles. The lowest BCUT2D eigenvalue weighted by atomic mass is 10.1. The van der Waals surface area contributed by atoms with Gasteiger partial charge in [0, 0.05) is 11.5 Å². The van der Waals surface area contributed by atoms with E-state index < -0.39 is 17.6 Å². The molecule has 0 bridgehead atoms. The van der Waals surface area contributed by atoms with Gasteiger partial charge in [-0.3, -0.25) is 0 Å². The molecule has 0 saturated heterocycles. The van der Waals surface area contributed by atoms with Gasteiger partial charge < -0.3 is 5.11 Å². The molecule has 0 saturated carbocycles. The Balaban J connectivity index is 2.83. The normalized spacial score (nSPS) is 11.9. The summed E-state index contributed by atoms with van der Waals surface area (Å²) in [6.45, 7) is 0. The van der Waals surface area contributed by atoms with Crippen LogP contribution >= 0.6 is 0 Å². The molecular weight excluding hydrogens is 207 g/mol. The van der Waals surface area contributed by atoms with E-state index in [2.05, 4.69) is 4.98 Å². The van der Waals surface area contributed by atoms with E-state index in [-0.39, 0.29) is 10.9 Å². The number of nitrogens with zero attached hydrogens (tertiary/aromatic N) is 1. The summed E-state index contributed by atoms with van der Waals surface area (Å²) in [7, 11) is 0. The first-order valence-electron chi connectivity index (χ1n) is 4.14. The van der Waals surface area contributed by atoms with Crippen LogP contribution in [0.3, 0.4) is 0 Å². The number of hydrogen-bond acceptors (Lipinski definition) is 2. The first-order valence-corrected chi connectivity index (χ1v) is 4.14. The molecule has 0 aliphatic heterocycles. The van der Waals surface area contributed by atoms with Crippen LogP contribution in [0.1, 0.15) is 5.56 Å². The van der Waals surface area contributed by atoms with Gasteiger partial charge in [0.2, 0.25) is 5.88 Å². The topological polar surface area (TPSA) is 33.1 Å². The average Bonchev–Trinajstić information content (AvgIpc) is 2.15. The molecule has 0 aliphatic carbocycles. The van der Waals surface area contributed by atoms with Crippen molar-refractivity contribution in [1.82, 2.24) is 4.98 Å². The largest absolute Gasteiger partial charge is 0.493 e. The molecule has 2 rings (SSSR count). The Kier molecular flexibility index (Phi) is 2.03. The Morgan fingerprint density at radius 3 is 2.47 bits per heavy atom. The van der Waals surface area contributed by atoms with Gasteiger partial charge in [-0.1, -0.05) is 18.2 Å². The molecule has 0 spiro atoms. The number of halogens is 3. The van der Waals surface area contributed by atoms with E-state index in [9.17, 15) is 13.2 Å². The maximum absolute atomic E-state index is 12.6. The summed E-state index contributed by atoms with van der Waals surface area (Å²) in [6.07, 6.45) is -4.49. The number of benzene rings is 1. The van der Waals surface area contributed by atoms with Gasteiger partial charge in [0.15, 0.2) is 0 Å².